The average Bonchev–Trinajstić information content (AvgIpc) is 2.61. The molecular formula is C21H35NO3. The third-order valence-electron chi connectivity index (χ3n) is 4.06. The smallest absolute Gasteiger partial charge is 0.220 e. The highest BCUT2D eigenvalue weighted by Gasteiger charge is 2.08. The van der Waals surface area contributed by atoms with E-state index >= 15 is 0 Å². The zero-order chi connectivity index (χ0) is 18.3. The lowest BCUT2D eigenvalue weighted by Crippen LogP contribution is -2.24. The molecule has 4 heteroatoms. The highest BCUT2D eigenvalue weighted by atomic mass is 16.5. The Morgan fingerprint density at radius 3 is 2.48 bits per heavy atom. The highest BCUT2D eigenvalue weighted by Crippen LogP contribution is 2.29. The van der Waals surface area contributed by atoms with Gasteiger partial charge in [-0.3, -0.25) is 4.79 Å². The summed E-state index contributed by atoms with van der Waals surface area (Å²) >= 11 is 0. The first-order valence-electron chi connectivity index (χ1n) is 9.86. The van der Waals surface area contributed by atoms with E-state index in [0.717, 1.165) is 49.3 Å². The molecule has 25 heavy (non-hydrogen) atoms. The number of unbranched alkanes of at least 4 members (excludes halogenated alkanes) is 4. The lowest BCUT2D eigenvalue weighted by atomic mass is 10.1. The van der Waals surface area contributed by atoms with Gasteiger partial charge in [0, 0.05) is 13.0 Å². The van der Waals surface area contributed by atoms with Crippen LogP contribution in [0.3, 0.4) is 0 Å². The van der Waals surface area contributed by atoms with Crippen molar-refractivity contribution in [1.29, 1.82) is 0 Å². The Bertz CT molecular complexity index is 488. The molecule has 4 nitrogen and oxygen atoms in total. The molecule has 0 fully saturated rings. The second kappa shape index (κ2) is 13.6. The van der Waals surface area contributed by atoms with Gasteiger partial charge in [-0.2, -0.15) is 0 Å². The fraction of sp³-hybridized carbons (Fsp3) is 0.667. The van der Waals surface area contributed by atoms with Gasteiger partial charge in [0.1, 0.15) is 0 Å². The van der Waals surface area contributed by atoms with Gasteiger partial charge < -0.3 is 14.8 Å². The number of amides is 1. The first-order chi connectivity index (χ1) is 12.2. The summed E-state index contributed by atoms with van der Waals surface area (Å²) in [5, 5.41) is 3.00. The average molecular weight is 350 g/mol. The molecule has 1 N–H and O–H groups in total. The Balaban J connectivity index is 2.44. The largest absolute Gasteiger partial charge is 0.490 e. The summed E-state index contributed by atoms with van der Waals surface area (Å²) in [6.07, 6.45) is 8.08. The Labute approximate surface area is 153 Å². The fourth-order valence-corrected chi connectivity index (χ4v) is 2.55. The summed E-state index contributed by atoms with van der Waals surface area (Å²) in [5.74, 6) is 1.69. The van der Waals surface area contributed by atoms with Gasteiger partial charge in [0.25, 0.3) is 0 Å². The molecule has 0 aliphatic heterocycles. The van der Waals surface area contributed by atoms with Gasteiger partial charge in [0.15, 0.2) is 11.5 Å². The molecule has 1 amide bonds. The molecule has 1 aromatic carbocycles. The van der Waals surface area contributed by atoms with Gasteiger partial charge in [0.2, 0.25) is 5.91 Å². The summed E-state index contributed by atoms with van der Waals surface area (Å²) in [6.45, 7) is 8.39. The van der Waals surface area contributed by atoms with Crippen molar-refractivity contribution < 1.29 is 14.3 Å². The molecule has 0 aliphatic carbocycles. The Hall–Kier alpha value is -1.71. The maximum Gasteiger partial charge on any atom is 0.220 e. The van der Waals surface area contributed by atoms with Crippen LogP contribution in [0.5, 0.6) is 11.5 Å². The molecule has 0 unspecified atom stereocenters. The summed E-state index contributed by atoms with van der Waals surface area (Å²) in [4.78, 5) is 11.9. The number of nitrogens with one attached hydrogen (secondary N) is 1. The molecule has 1 rings (SSSR count). The number of rotatable bonds is 14. The lowest BCUT2D eigenvalue weighted by molar-refractivity contribution is -0.121. The highest BCUT2D eigenvalue weighted by molar-refractivity contribution is 5.76. The van der Waals surface area contributed by atoms with Crippen LogP contribution in [0.1, 0.15) is 71.3 Å². The Kier molecular flexibility index (Phi) is 11.6. The summed E-state index contributed by atoms with van der Waals surface area (Å²) in [6, 6.07) is 5.98. The van der Waals surface area contributed by atoms with Crippen molar-refractivity contribution in [3.8, 4) is 11.5 Å². The minimum absolute atomic E-state index is 0.123. The predicted octanol–water partition coefficient (Wildman–Crippen LogP) is 4.89. The maximum absolute atomic E-state index is 11.9. The molecule has 0 saturated heterocycles. The molecule has 0 saturated carbocycles. The quantitative estimate of drug-likeness (QED) is 0.486. The standard InChI is InChI=1S/C21H35NO3/c1-4-7-9-10-15-22-21(23)14-12-18-11-13-19(25-16-8-5-2)20(17-18)24-6-3/h11,13,17H,4-10,12,14-16H2,1-3H3,(H,22,23). The SMILES string of the molecule is CCCCCCNC(=O)CCc1ccc(OCCCC)c(OCC)c1. The Morgan fingerprint density at radius 2 is 1.76 bits per heavy atom. The molecule has 142 valence electrons. The zero-order valence-corrected chi connectivity index (χ0v) is 16.2. The normalized spacial score (nSPS) is 10.5. The van der Waals surface area contributed by atoms with Crippen LogP contribution in [0, 0.1) is 0 Å². The van der Waals surface area contributed by atoms with Crippen LogP contribution in [-0.2, 0) is 11.2 Å². The summed E-state index contributed by atoms with van der Waals surface area (Å²) in [5.41, 5.74) is 1.10. The zero-order valence-electron chi connectivity index (χ0n) is 16.2. The van der Waals surface area contributed by atoms with E-state index in [0.29, 0.717) is 19.6 Å². The minimum Gasteiger partial charge on any atom is -0.490 e. The van der Waals surface area contributed by atoms with Crippen molar-refractivity contribution in [2.24, 2.45) is 0 Å². The monoisotopic (exact) mass is 349 g/mol. The van der Waals surface area contributed by atoms with Gasteiger partial charge in [-0.1, -0.05) is 45.6 Å². The predicted molar refractivity (Wildman–Crippen MR) is 103 cm³/mol. The molecule has 0 heterocycles. The fourth-order valence-electron chi connectivity index (χ4n) is 2.55. The van der Waals surface area contributed by atoms with Gasteiger partial charge in [-0.05, 0) is 43.9 Å². The van der Waals surface area contributed by atoms with Gasteiger partial charge in [-0.25, -0.2) is 0 Å². The molecule has 0 radical (unpaired) electrons. The van der Waals surface area contributed by atoms with Gasteiger partial charge >= 0.3 is 0 Å². The topological polar surface area (TPSA) is 47.6 Å². The van der Waals surface area contributed by atoms with Crippen LogP contribution < -0.4 is 14.8 Å². The number of carbonyl (C=O) groups excluding carboxylic acids is 1. The van der Waals surface area contributed by atoms with E-state index in [-0.39, 0.29) is 5.91 Å². The van der Waals surface area contributed by atoms with Crippen molar-refractivity contribution in [1.82, 2.24) is 5.32 Å². The van der Waals surface area contributed by atoms with Crippen molar-refractivity contribution in [2.75, 3.05) is 19.8 Å². The van der Waals surface area contributed by atoms with Crippen molar-refractivity contribution in [3.05, 3.63) is 23.8 Å². The van der Waals surface area contributed by atoms with Crippen molar-refractivity contribution in [3.63, 3.8) is 0 Å². The summed E-state index contributed by atoms with van der Waals surface area (Å²) in [7, 11) is 0. The van der Waals surface area contributed by atoms with Gasteiger partial charge in [-0.15, -0.1) is 0 Å². The first-order valence-corrected chi connectivity index (χ1v) is 9.86. The van der Waals surface area contributed by atoms with E-state index < -0.39 is 0 Å². The van der Waals surface area contributed by atoms with E-state index in [2.05, 4.69) is 19.2 Å². The van der Waals surface area contributed by atoms with Crippen molar-refractivity contribution in [2.45, 2.75) is 72.1 Å². The maximum atomic E-state index is 11.9. The summed E-state index contributed by atoms with van der Waals surface area (Å²) < 4.78 is 11.5. The van der Waals surface area contributed by atoms with Crippen LogP contribution in [-0.4, -0.2) is 25.7 Å². The molecule has 0 atom stereocenters. The lowest BCUT2D eigenvalue weighted by Gasteiger charge is -2.13. The molecule has 0 spiro atoms. The number of benzene rings is 1. The van der Waals surface area contributed by atoms with Crippen LogP contribution in [0.4, 0.5) is 0 Å². The molecule has 0 aromatic heterocycles. The van der Waals surface area contributed by atoms with Crippen LogP contribution in [0.25, 0.3) is 0 Å². The van der Waals surface area contributed by atoms with Gasteiger partial charge in [0.05, 0.1) is 13.2 Å². The molecule has 0 aliphatic rings. The number of aryl methyl sites for hydroxylation is 1. The first kappa shape index (κ1) is 21.3. The number of hydrogen-bond acceptors (Lipinski definition) is 3. The third kappa shape index (κ3) is 9.37. The second-order valence-electron chi connectivity index (χ2n) is 6.33. The number of hydrogen-bond donors (Lipinski definition) is 1. The van der Waals surface area contributed by atoms with E-state index in [1.165, 1.54) is 19.3 Å². The molecule has 1 aromatic rings. The second-order valence-corrected chi connectivity index (χ2v) is 6.33. The van der Waals surface area contributed by atoms with E-state index in [4.69, 9.17) is 9.47 Å². The minimum atomic E-state index is 0.123. The number of ether oxygens (including phenoxy) is 2. The Morgan fingerprint density at radius 1 is 0.960 bits per heavy atom. The van der Waals surface area contributed by atoms with Crippen molar-refractivity contribution >= 4 is 5.91 Å². The molecule has 0 bridgehead atoms. The molecular weight excluding hydrogens is 314 g/mol. The van der Waals surface area contributed by atoms with Crippen LogP contribution in [0.15, 0.2) is 18.2 Å². The van der Waals surface area contributed by atoms with E-state index in [1.807, 2.05) is 25.1 Å². The van der Waals surface area contributed by atoms with Crippen LogP contribution in [0.2, 0.25) is 0 Å². The third-order valence-corrected chi connectivity index (χ3v) is 4.06. The van der Waals surface area contributed by atoms with E-state index in [1.54, 1.807) is 0 Å². The number of carbonyl (C=O) groups is 1. The van der Waals surface area contributed by atoms with Crippen LogP contribution >= 0.6 is 0 Å². The van der Waals surface area contributed by atoms with E-state index in [9.17, 15) is 4.79 Å².